The summed E-state index contributed by atoms with van der Waals surface area (Å²) >= 11 is 0. The second-order valence-electron chi connectivity index (χ2n) is 12.0. The van der Waals surface area contributed by atoms with Crippen molar-refractivity contribution in [2.24, 2.45) is 29.1 Å². The Morgan fingerprint density at radius 1 is 1.12 bits per heavy atom. The van der Waals surface area contributed by atoms with Crippen molar-refractivity contribution in [1.29, 1.82) is 5.26 Å². The number of hydrogen-bond acceptors (Lipinski definition) is 5. The highest BCUT2D eigenvalue weighted by Gasteiger charge is 2.61. The number of allylic oxidation sites excluding steroid dienone is 2. The van der Waals surface area contributed by atoms with E-state index in [9.17, 15) is 37.2 Å². The third-order valence-corrected chi connectivity index (χ3v) is 8.49. The number of fused-ring (bicyclic) bond motifs is 6. The summed E-state index contributed by atoms with van der Waals surface area (Å²) in [4.78, 5) is 45.0. The van der Waals surface area contributed by atoms with Crippen LogP contribution in [0, 0.1) is 40.4 Å². The van der Waals surface area contributed by atoms with Gasteiger partial charge in [-0.15, -0.1) is 0 Å². The van der Waals surface area contributed by atoms with Crippen LogP contribution in [0.4, 0.5) is 17.6 Å². The molecule has 3 amide bonds. The number of nitrogens with one attached hydrogen (secondary N) is 2. The Morgan fingerprint density at radius 3 is 2.49 bits per heavy atom. The summed E-state index contributed by atoms with van der Waals surface area (Å²) in [6.45, 7) is 4.51. The first-order valence-corrected chi connectivity index (χ1v) is 13.3. The summed E-state index contributed by atoms with van der Waals surface area (Å²) in [6.07, 6.45) is -0.195. The number of nitrogens with zero attached hydrogens (tertiary/aromatic N) is 3. The highest BCUT2D eigenvalue weighted by Crippen LogP contribution is 2.57. The number of pyridine rings is 1. The Hall–Kier alpha value is -4.01. The van der Waals surface area contributed by atoms with E-state index in [2.05, 4.69) is 16.4 Å². The number of nitriles is 1. The zero-order valence-electron chi connectivity index (χ0n) is 22.6. The van der Waals surface area contributed by atoms with Crippen LogP contribution in [0.1, 0.15) is 38.8 Å². The number of likely N-dealkylation sites (tertiary alicyclic amines) is 1. The lowest BCUT2D eigenvalue weighted by atomic mass is 9.81. The normalized spacial score (nSPS) is 26.6. The molecule has 5 rings (SSSR count). The molecule has 8 nitrogen and oxygen atoms in total. The minimum absolute atomic E-state index is 0.00798. The standard InChI is InChI=1S/C29H29F4N5O3/c1-28(2,3)24(37-27(41)29(31,32)33)26(40)38-13-19-15-8-17(20(30)9-15)22(19)23(38)25(39)36-21(10-34)18-12-35-11-14-6-4-5-7-16(14)18/h4-7,9,11-12,15,17,19,21-24H,8,13H2,1-3H3,(H,36,39)(H,37,41). The topological polar surface area (TPSA) is 115 Å². The highest BCUT2D eigenvalue weighted by atomic mass is 19.4. The maximum absolute atomic E-state index is 14.8. The van der Waals surface area contributed by atoms with Crippen molar-refractivity contribution < 1.29 is 31.9 Å². The van der Waals surface area contributed by atoms with Crippen LogP contribution in [0.25, 0.3) is 10.8 Å². The van der Waals surface area contributed by atoms with E-state index in [1.165, 1.54) is 37.9 Å². The minimum Gasteiger partial charge on any atom is -0.336 e. The largest absolute Gasteiger partial charge is 0.471 e. The number of hydrogen-bond donors (Lipinski definition) is 2. The van der Waals surface area contributed by atoms with Crippen LogP contribution in [0.15, 0.2) is 48.6 Å². The van der Waals surface area contributed by atoms with Crippen LogP contribution in [-0.2, 0) is 14.4 Å². The first-order chi connectivity index (χ1) is 19.2. The van der Waals surface area contributed by atoms with Gasteiger partial charge in [0.05, 0.1) is 11.9 Å². The van der Waals surface area contributed by atoms with Crippen LogP contribution in [0.3, 0.4) is 0 Å². The average molecular weight is 572 g/mol. The molecule has 1 saturated heterocycles. The number of carbonyl (C=O) groups is 3. The lowest BCUT2D eigenvalue weighted by Gasteiger charge is -2.37. The molecule has 1 saturated carbocycles. The van der Waals surface area contributed by atoms with Gasteiger partial charge in [-0.3, -0.25) is 19.4 Å². The molecular formula is C29H29F4N5O3. The zero-order valence-corrected chi connectivity index (χ0v) is 22.6. The fourth-order valence-electron chi connectivity index (χ4n) is 6.63. The maximum atomic E-state index is 14.8. The number of benzene rings is 1. The molecule has 2 heterocycles. The third kappa shape index (κ3) is 5.02. The molecule has 1 aromatic heterocycles. The fraction of sp³-hybridized carbons (Fsp3) is 0.483. The Kier molecular flexibility index (Phi) is 7.04. The average Bonchev–Trinajstić information content (AvgIpc) is 3.58. The van der Waals surface area contributed by atoms with Gasteiger partial charge in [-0.2, -0.15) is 18.4 Å². The van der Waals surface area contributed by atoms with Crippen LogP contribution < -0.4 is 10.6 Å². The lowest BCUT2D eigenvalue weighted by Crippen LogP contribution is -2.60. The van der Waals surface area contributed by atoms with Crippen molar-refractivity contribution in [3.8, 4) is 6.07 Å². The van der Waals surface area contributed by atoms with E-state index in [0.717, 1.165) is 5.39 Å². The van der Waals surface area contributed by atoms with E-state index < -0.39 is 59.3 Å². The van der Waals surface area contributed by atoms with Gasteiger partial charge in [0.15, 0.2) is 0 Å². The molecule has 1 aliphatic heterocycles. The third-order valence-electron chi connectivity index (χ3n) is 8.49. The number of amides is 3. The molecule has 12 heteroatoms. The van der Waals surface area contributed by atoms with Crippen molar-refractivity contribution in [2.45, 2.75) is 51.5 Å². The van der Waals surface area contributed by atoms with Crippen molar-refractivity contribution in [3.63, 3.8) is 0 Å². The quantitative estimate of drug-likeness (QED) is 0.528. The van der Waals surface area contributed by atoms with Gasteiger partial charge in [0, 0.05) is 41.7 Å². The number of halogens is 4. The smallest absolute Gasteiger partial charge is 0.336 e. The van der Waals surface area contributed by atoms with Crippen molar-refractivity contribution in [2.75, 3.05) is 6.54 Å². The van der Waals surface area contributed by atoms with Gasteiger partial charge >= 0.3 is 12.1 Å². The van der Waals surface area contributed by atoms with Gasteiger partial charge in [0.2, 0.25) is 11.8 Å². The van der Waals surface area contributed by atoms with E-state index >= 15 is 0 Å². The Bertz CT molecular complexity index is 1470. The molecule has 1 aromatic carbocycles. The number of aromatic nitrogens is 1. The predicted octanol–water partition coefficient (Wildman–Crippen LogP) is 3.96. The van der Waals surface area contributed by atoms with Gasteiger partial charge in [-0.1, -0.05) is 45.0 Å². The second-order valence-corrected chi connectivity index (χ2v) is 12.0. The van der Waals surface area contributed by atoms with Crippen LogP contribution >= 0.6 is 0 Å². The summed E-state index contributed by atoms with van der Waals surface area (Å²) in [6, 6.07) is 5.17. The molecule has 3 aliphatic rings. The second kappa shape index (κ2) is 10.1. The lowest BCUT2D eigenvalue weighted by molar-refractivity contribution is -0.176. The van der Waals surface area contributed by atoms with Crippen molar-refractivity contribution in [1.82, 2.24) is 20.5 Å². The highest BCUT2D eigenvalue weighted by molar-refractivity contribution is 5.95. The van der Waals surface area contributed by atoms with Crippen molar-refractivity contribution >= 4 is 28.5 Å². The van der Waals surface area contributed by atoms with Gasteiger partial charge in [-0.25, -0.2) is 4.39 Å². The van der Waals surface area contributed by atoms with Crippen LogP contribution in [0.2, 0.25) is 0 Å². The number of alkyl halides is 3. The molecule has 0 radical (unpaired) electrons. The first-order valence-electron chi connectivity index (χ1n) is 13.3. The zero-order chi connectivity index (χ0) is 29.9. The molecule has 41 heavy (non-hydrogen) atoms. The molecule has 216 valence electrons. The maximum Gasteiger partial charge on any atom is 0.471 e. The predicted molar refractivity (Wildman–Crippen MR) is 139 cm³/mol. The van der Waals surface area contributed by atoms with Crippen LogP contribution in [-0.4, -0.2) is 52.4 Å². The van der Waals surface area contributed by atoms with Crippen LogP contribution in [0.5, 0.6) is 0 Å². The van der Waals surface area contributed by atoms with E-state index in [-0.39, 0.29) is 24.2 Å². The van der Waals surface area contributed by atoms with Crippen molar-refractivity contribution in [3.05, 3.63) is 54.1 Å². The van der Waals surface area contributed by atoms with E-state index in [4.69, 9.17) is 0 Å². The molecule has 2 aliphatic carbocycles. The van der Waals surface area contributed by atoms with Gasteiger partial charge in [-0.05, 0) is 35.1 Å². The summed E-state index contributed by atoms with van der Waals surface area (Å²) < 4.78 is 54.3. The van der Waals surface area contributed by atoms with Gasteiger partial charge in [0.25, 0.3) is 0 Å². The summed E-state index contributed by atoms with van der Waals surface area (Å²) in [5.74, 6) is -6.02. The summed E-state index contributed by atoms with van der Waals surface area (Å²) in [7, 11) is 0. The fourth-order valence-corrected chi connectivity index (χ4v) is 6.63. The molecular weight excluding hydrogens is 542 g/mol. The minimum atomic E-state index is -5.22. The molecule has 2 bridgehead atoms. The molecule has 2 fully saturated rings. The molecule has 2 aromatic rings. The van der Waals surface area contributed by atoms with E-state index in [0.29, 0.717) is 17.4 Å². The van der Waals surface area contributed by atoms with E-state index in [1.54, 1.807) is 30.5 Å². The number of rotatable bonds is 5. The molecule has 0 spiro atoms. The number of carbonyl (C=O) groups excluding carboxylic acids is 3. The van der Waals surface area contributed by atoms with Gasteiger partial charge in [0.1, 0.15) is 18.1 Å². The SMILES string of the molecule is CC(C)(C)C(NC(=O)C(F)(F)F)C(=O)N1CC2C3C=C(F)C(C3)C2C1C(=O)NC(C#N)c1cncc2ccccc12. The molecule has 2 N–H and O–H groups in total. The first kappa shape index (κ1) is 28.5. The Labute approximate surface area is 233 Å². The summed E-state index contributed by atoms with van der Waals surface area (Å²) in [5, 5.41) is 15.9. The van der Waals surface area contributed by atoms with Gasteiger partial charge < -0.3 is 15.5 Å². The Balaban J connectivity index is 1.49. The monoisotopic (exact) mass is 571 g/mol. The summed E-state index contributed by atoms with van der Waals surface area (Å²) in [5.41, 5.74) is -0.723. The van der Waals surface area contributed by atoms with E-state index in [1.807, 2.05) is 5.32 Å². The molecule has 7 atom stereocenters. The Morgan fingerprint density at radius 2 is 1.83 bits per heavy atom. The molecule has 7 unspecified atom stereocenters.